The van der Waals surface area contributed by atoms with Crippen molar-refractivity contribution in [3.63, 3.8) is 0 Å². The fourth-order valence-electron chi connectivity index (χ4n) is 3.45. The van der Waals surface area contributed by atoms with E-state index >= 15 is 0 Å². The molecule has 0 aliphatic carbocycles. The fraction of sp³-hybridized carbons (Fsp3) is 0.100. The Hall–Kier alpha value is -3.74. The summed E-state index contributed by atoms with van der Waals surface area (Å²) in [7, 11) is 0. The molecule has 134 valence electrons. The average Bonchev–Trinajstić information content (AvgIpc) is 3.08. The molecule has 1 aromatic heterocycles. The van der Waals surface area contributed by atoms with Gasteiger partial charge >= 0.3 is 5.97 Å². The summed E-state index contributed by atoms with van der Waals surface area (Å²) in [6.07, 6.45) is 1.42. The topological polar surface area (TPSA) is 98.3 Å². The lowest BCUT2D eigenvalue weighted by molar-refractivity contribution is -0.384. The van der Waals surface area contributed by atoms with Crippen molar-refractivity contribution < 1.29 is 14.8 Å². The second-order valence-corrected chi connectivity index (χ2v) is 6.26. The van der Waals surface area contributed by atoms with Gasteiger partial charge in [-0.15, -0.1) is 0 Å². The van der Waals surface area contributed by atoms with Crippen molar-refractivity contribution in [1.82, 2.24) is 9.55 Å². The lowest BCUT2D eigenvalue weighted by Gasteiger charge is -2.20. The SMILES string of the molecule is O=C(O)CC(c1cccc2ccccc12)n1cnc2cc([N+](=O)[O-])ccc21. The van der Waals surface area contributed by atoms with E-state index in [-0.39, 0.29) is 12.1 Å². The van der Waals surface area contributed by atoms with Crippen molar-refractivity contribution in [1.29, 1.82) is 0 Å². The molecule has 3 aromatic carbocycles. The van der Waals surface area contributed by atoms with E-state index in [4.69, 9.17) is 0 Å². The van der Waals surface area contributed by atoms with Crippen LogP contribution in [-0.4, -0.2) is 25.6 Å². The minimum absolute atomic E-state index is 0.0484. The molecule has 0 bridgehead atoms. The molecule has 4 rings (SSSR count). The number of hydrogen-bond donors (Lipinski definition) is 1. The summed E-state index contributed by atoms with van der Waals surface area (Å²) in [6.45, 7) is 0. The van der Waals surface area contributed by atoms with Gasteiger partial charge in [-0.25, -0.2) is 4.98 Å². The molecule has 0 aliphatic heterocycles. The van der Waals surface area contributed by atoms with Crippen LogP contribution >= 0.6 is 0 Å². The zero-order chi connectivity index (χ0) is 19.0. The lowest BCUT2D eigenvalue weighted by atomic mass is 9.96. The standard InChI is InChI=1S/C20H15N3O4/c24-20(25)11-19(16-7-3-5-13-4-1-2-6-15(13)16)22-12-21-17-10-14(23(26)27)8-9-18(17)22/h1-10,12,19H,11H2,(H,24,25). The first-order chi connectivity index (χ1) is 13.0. The van der Waals surface area contributed by atoms with E-state index in [0.717, 1.165) is 16.3 Å². The van der Waals surface area contributed by atoms with Crippen LogP contribution in [0.25, 0.3) is 21.8 Å². The van der Waals surface area contributed by atoms with Crippen LogP contribution in [0.2, 0.25) is 0 Å². The number of hydrogen-bond acceptors (Lipinski definition) is 4. The van der Waals surface area contributed by atoms with Gasteiger partial charge in [-0.1, -0.05) is 42.5 Å². The first kappa shape index (κ1) is 16.7. The molecule has 0 saturated carbocycles. The predicted molar refractivity (Wildman–Crippen MR) is 101 cm³/mol. The smallest absolute Gasteiger partial charge is 0.305 e. The van der Waals surface area contributed by atoms with Gasteiger partial charge in [0.1, 0.15) is 0 Å². The summed E-state index contributed by atoms with van der Waals surface area (Å²) in [4.78, 5) is 26.3. The van der Waals surface area contributed by atoms with Crippen molar-refractivity contribution in [2.45, 2.75) is 12.5 Å². The Morgan fingerprint density at radius 3 is 2.70 bits per heavy atom. The third-order valence-corrected chi connectivity index (χ3v) is 4.66. The number of carboxylic acid groups (broad SMARTS) is 1. The predicted octanol–water partition coefficient (Wildman–Crippen LogP) is 4.16. The largest absolute Gasteiger partial charge is 0.481 e. The number of carboxylic acids is 1. The van der Waals surface area contributed by atoms with Gasteiger partial charge in [-0.05, 0) is 22.4 Å². The number of imidazole rings is 1. The molecule has 0 radical (unpaired) electrons. The minimum Gasteiger partial charge on any atom is -0.481 e. The summed E-state index contributed by atoms with van der Waals surface area (Å²) in [5, 5.41) is 22.5. The lowest BCUT2D eigenvalue weighted by Crippen LogP contribution is -2.15. The van der Waals surface area contributed by atoms with Crippen LogP contribution in [0.1, 0.15) is 18.0 Å². The van der Waals surface area contributed by atoms with Crippen molar-refractivity contribution in [2.75, 3.05) is 0 Å². The number of nitro benzene ring substituents is 1. The van der Waals surface area contributed by atoms with E-state index < -0.39 is 16.9 Å². The Morgan fingerprint density at radius 2 is 1.93 bits per heavy atom. The maximum atomic E-state index is 11.6. The maximum absolute atomic E-state index is 11.6. The van der Waals surface area contributed by atoms with Crippen molar-refractivity contribution in [3.8, 4) is 0 Å². The average molecular weight is 361 g/mol. The van der Waals surface area contributed by atoms with E-state index in [0.29, 0.717) is 11.0 Å². The van der Waals surface area contributed by atoms with Gasteiger partial charge in [0.25, 0.3) is 5.69 Å². The van der Waals surface area contributed by atoms with Crippen LogP contribution in [0.3, 0.4) is 0 Å². The van der Waals surface area contributed by atoms with Gasteiger partial charge in [0, 0.05) is 12.1 Å². The van der Waals surface area contributed by atoms with Gasteiger partial charge in [-0.2, -0.15) is 0 Å². The second kappa shape index (κ2) is 6.53. The number of aromatic nitrogens is 2. The number of non-ortho nitro benzene ring substituents is 1. The van der Waals surface area contributed by atoms with Crippen molar-refractivity contribution in [3.05, 3.63) is 82.7 Å². The van der Waals surface area contributed by atoms with Crippen LogP contribution in [0.15, 0.2) is 67.0 Å². The van der Waals surface area contributed by atoms with Gasteiger partial charge in [0.05, 0.1) is 34.7 Å². The minimum atomic E-state index is -0.934. The molecule has 0 amide bonds. The van der Waals surface area contributed by atoms with E-state index in [1.165, 1.54) is 12.1 Å². The number of nitro groups is 1. The molecule has 0 saturated heterocycles. The molecule has 27 heavy (non-hydrogen) atoms. The fourth-order valence-corrected chi connectivity index (χ4v) is 3.45. The normalized spacial score (nSPS) is 12.3. The van der Waals surface area contributed by atoms with Gasteiger partial charge in [0.2, 0.25) is 0 Å². The molecule has 7 nitrogen and oxygen atoms in total. The van der Waals surface area contributed by atoms with E-state index in [9.17, 15) is 20.0 Å². The summed E-state index contributed by atoms with van der Waals surface area (Å²) < 4.78 is 1.77. The highest BCUT2D eigenvalue weighted by Crippen LogP contribution is 2.32. The highest BCUT2D eigenvalue weighted by Gasteiger charge is 2.22. The van der Waals surface area contributed by atoms with E-state index in [1.807, 2.05) is 42.5 Å². The monoisotopic (exact) mass is 361 g/mol. The third kappa shape index (κ3) is 2.99. The highest BCUT2D eigenvalue weighted by atomic mass is 16.6. The van der Waals surface area contributed by atoms with Crippen molar-refractivity contribution in [2.24, 2.45) is 0 Å². The number of nitrogens with zero attached hydrogens (tertiary/aromatic N) is 3. The van der Waals surface area contributed by atoms with Crippen LogP contribution in [0.4, 0.5) is 5.69 Å². The summed E-state index contributed by atoms with van der Waals surface area (Å²) in [5.41, 5.74) is 1.93. The quantitative estimate of drug-likeness (QED) is 0.425. The third-order valence-electron chi connectivity index (χ3n) is 4.66. The summed E-state index contributed by atoms with van der Waals surface area (Å²) >= 11 is 0. The van der Waals surface area contributed by atoms with Crippen LogP contribution in [0, 0.1) is 10.1 Å². The first-order valence-corrected chi connectivity index (χ1v) is 8.35. The molecule has 0 fully saturated rings. The number of aliphatic carboxylic acids is 1. The number of carbonyl (C=O) groups is 1. The zero-order valence-corrected chi connectivity index (χ0v) is 14.1. The summed E-state index contributed by atoms with van der Waals surface area (Å²) in [6, 6.07) is 17.5. The van der Waals surface area contributed by atoms with Crippen LogP contribution in [0.5, 0.6) is 0 Å². The molecule has 7 heteroatoms. The Balaban J connectivity index is 1.92. The molecule has 0 spiro atoms. The molecular formula is C20H15N3O4. The number of rotatable bonds is 5. The Labute approximate surface area is 153 Å². The molecule has 4 aromatic rings. The molecule has 1 unspecified atom stereocenters. The van der Waals surface area contributed by atoms with E-state index in [1.54, 1.807) is 17.0 Å². The van der Waals surface area contributed by atoms with Crippen molar-refractivity contribution >= 4 is 33.5 Å². The maximum Gasteiger partial charge on any atom is 0.305 e. The zero-order valence-electron chi connectivity index (χ0n) is 14.1. The Kier molecular flexibility index (Phi) is 4.04. The summed E-state index contributed by atoms with van der Waals surface area (Å²) in [5.74, 6) is -0.934. The highest BCUT2D eigenvalue weighted by molar-refractivity contribution is 5.87. The molecule has 0 aliphatic rings. The van der Waals surface area contributed by atoms with Gasteiger partial charge < -0.3 is 9.67 Å². The Bertz CT molecular complexity index is 1180. The second-order valence-electron chi connectivity index (χ2n) is 6.26. The number of fused-ring (bicyclic) bond motifs is 2. The van der Waals surface area contributed by atoms with Gasteiger partial charge in [-0.3, -0.25) is 14.9 Å². The molecule has 1 atom stereocenters. The molecule has 1 heterocycles. The van der Waals surface area contributed by atoms with E-state index in [2.05, 4.69) is 4.98 Å². The van der Waals surface area contributed by atoms with Crippen LogP contribution in [-0.2, 0) is 4.79 Å². The first-order valence-electron chi connectivity index (χ1n) is 8.35. The molecule has 1 N–H and O–H groups in total. The molecular weight excluding hydrogens is 346 g/mol. The number of benzene rings is 3. The Morgan fingerprint density at radius 1 is 1.15 bits per heavy atom. The van der Waals surface area contributed by atoms with Gasteiger partial charge in [0.15, 0.2) is 0 Å². The van der Waals surface area contributed by atoms with Crippen LogP contribution < -0.4 is 0 Å².